The summed E-state index contributed by atoms with van der Waals surface area (Å²) in [6.07, 6.45) is -0.738. The van der Waals surface area contributed by atoms with Crippen LogP contribution in [0.1, 0.15) is 40.0 Å². The van der Waals surface area contributed by atoms with E-state index >= 15 is 0 Å². The maximum absolute atomic E-state index is 10.4. The van der Waals surface area contributed by atoms with E-state index in [-0.39, 0.29) is 12.8 Å². The summed E-state index contributed by atoms with van der Waals surface area (Å²) in [5, 5.41) is 25.3. The van der Waals surface area contributed by atoms with E-state index in [4.69, 9.17) is 15.3 Å². The van der Waals surface area contributed by atoms with Crippen LogP contribution in [0.5, 0.6) is 0 Å². The van der Waals surface area contributed by atoms with Gasteiger partial charge in [0.25, 0.3) is 0 Å². The number of carboxylic acid groups (broad SMARTS) is 2. The molecule has 0 radical (unpaired) electrons. The molecule has 0 saturated carbocycles. The van der Waals surface area contributed by atoms with Gasteiger partial charge in [0.15, 0.2) is 6.10 Å². The molecule has 0 bridgehead atoms. The molecule has 0 aromatic rings. The van der Waals surface area contributed by atoms with Crippen molar-refractivity contribution in [1.29, 1.82) is 0 Å². The topological polar surface area (TPSA) is 174 Å². The summed E-state index contributed by atoms with van der Waals surface area (Å²) in [6, 6.07) is 0. The lowest BCUT2D eigenvalue weighted by atomic mass is 10.1. The Morgan fingerprint density at radius 2 is 1.11 bits per heavy atom. The van der Waals surface area contributed by atoms with Crippen molar-refractivity contribution in [3.63, 3.8) is 0 Å². The molecule has 3 unspecified atom stereocenters. The van der Waals surface area contributed by atoms with Gasteiger partial charge >= 0.3 is 29.8 Å². The van der Waals surface area contributed by atoms with E-state index in [1.54, 1.807) is 35.3 Å². The molecule has 14 heteroatoms. The van der Waals surface area contributed by atoms with Crippen molar-refractivity contribution in [3.8, 4) is 0 Å². The lowest BCUT2D eigenvalue weighted by Crippen LogP contribution is -2.18. The number of aliphatic hydroxyl groups is 1. The molecule has 0 amide bonds. The smallest absolute Gasteiger partial charge is 0.337 e. The summed E-state index contributed by atoms with van der Waals surface area (Å²) < 4.78 is 12.5. The first kappa shape index (κ1) is 31.3. The summed E-state index contributed by atoms with van der Waals surface area (Å²) in [5.41, 5.74) is 0. The third kappa shape index (κ3) is 19.4. The zero-order chi connectivity index (χ0) is 22.9. The van der Waals surface area contributed by atoms with Crippen molar-refractivity contribution in [3.05, 3.63) is 0 Å². The van der Waals surface area contributed by atoms with Gasteiger partial charge in [-0.2, -0.15) is 0 Å². The minimum Gasteiger partial charge on any atom is -0.481 e. The Kier molecular flexibility index (Phi) is 21.2. The Hall–Kier alpha value is -1.40. The largest absolute Gasteiger partial charge is 0.481 e. The van der Waals surface area contributed by atoms with Gasteiger partial charge in [0.05, 0.1) is 53.1 Å². The van der Waals surface area contributed by atoms with Crippen molar-refractivity contribution in [2.45, 2.75) is 46.1 Å². The number of carbonyl (C=O) groups is 5. The molecule has 164 valence electrons. The predicted molar refractivity (Wildman–Crippen MR) is 107 cm³/mol. The van der Waals surface area contributed by atoms with Crippen LogP contribution in [0.15, 0.2) is 0 Å². The predicted octanol–water partition coefficient (Wildman–Crippen LogP) is 0.952. The van der Waals surface area contributed by atoms with E-state index in [1.807, 2.05) is 0 Å². The molecule has 0 fully saturated rings. The first-order valence-electron chi connectivity index (χ1n) is 7.71. The highest BCUT2D eigenvalue weighted by Crippen LogP contribution is 2.05. The Bertz CT molecular complexity index is 479. The monoisotopic (exact) mass is 464 g/mol. The minimum atomic E-state index is -0.990. The van der Waals surface area contributed by atoms with Gasteiger partial charge in [-0.3, -0.25) is 19.2 Å². The lowest BCUT2D eigenvalue weighted by Gasteiger charge is -2.01. The average Bonchev–Trinajstić information content (AvgIpc) is 2.66. The van der Waals surface area contributed by atoms with E-state index in [0.717, 1.165) is 0 Å². The fraction of sp³-hybridized carbons (Fsp3) is 0.643. The van der Waals surface area contributed by atoms with Crippen molar-refractivity contribution in [2.75, 3.05) is 0 Å². The van der Waals surface area contributed by atoms with Crippen LogP contribution in [0.3, 0.4) is 0 Å². The Labute approximate surface area is 169 Å². The van der Waals surface area contributed by atoms with Gasteiger partial charge in [-0.1, -0.05) is 20.8 Å². The van der Waals surface area contributed by atoms with Crippen molar-refractivity contribution in [1.82, 2.24) is 0 Å². The molecule has 0 rings (SSSR count). The number of rotatable bonds is 8. The molecule has 0 saturated heterocycles. The summed E-state index contributed by atoms with van der Waals surface area (Å²) >= 11 is 0. The molecule has 0 spiro atoms. The van der Waals surface area contributed by atoms with Crippen LogP contribution in [0.25, 0.3) is 0 Å². The van der Waals surface area contributed by atoms with Gasteiger partial charge in [-0.05, 0) is 6.42 Å². The van der Waals surface area contributed by atoms with Crippen molar-refractivity contribution in [2.24, 2.45) is 11.8 Å². The number of hydrogen-bond acceptors (Lipinski definition) is 9. The quantitative estimate of drug-likeness (QED) is 0.436. The highest BCUT2D eigenvalue weighted by molar-refractivity contribution is 7.11. The van der Waals surface area contributed by atoms with Crippen LogP contribution < -0.4 is 0 Å². The maximum Gasteiger partial charge on any atom is 0.337 e. The molecule has 0 aromatic heterocycles. The molecule has 0 aliphatic heterocycles. The minimum absolute atomic E-state index is 0.0845. The number of hydrogen-bond donors (Lipinski definition) is 3. The van der Waals surface area contributed by atoms with Crippen LogP contribution in [0, 0.1) is 11.8 Å². The second-order valence-electron chi connectivity index (χ2n) is 5.23. The van der Waals surface area contributed by atoms with Gasteiger partial charge in [-0.15, -0.1) is 0 Å². The van der Waals surface area contributed by atoms with Gasteiger partial charge in [0.1, 0.15) is 0 Å². The van der Waals surface area contributed by atoms with Gasteiger partial charge in [0, 0.05) is 0 Å². The molecule has 0 aliphatic carbocycles. The first-order valence-corrected chi connectivity index (χ1v) is 9.12. The molecule has 3 N–H and O–H groups in total. The zero-order valence-corrected chi connectivity index (χ0v) is 19.2. The Morgan fingerprint density at radius 3 is 1.25 bits per heavy atom. The third-order valence-corrected chi connectivity index (χ3v) is 3.58. The lowest BCUT2D eigenvalue weighted by molar-refractivity contribution is -0.146. The number of aliphatic carboxylic acids is 2. The van der Waals surface area contributed by atoms with Crippen LogP contribution in [0.4, 0.5) is 0 Å². The first-order chi connectivity index (χ1) is 12.9. The molecule has 28 heavy (non-hydrogen) atoms. The summed E-state index contributed by atoms with van der Waals surface area (Å²) in [7, 11) is 5.33. The molecular weight excluding hydrogens is 437 g/mol. The van der Waals surface area contributed by atoms with E-state index in [0.29, 0.717) is 6.42 Å². The number of carbonyl (C=O) groups excluding carboxylic acids is 3. The SMILES string of the molecule is CC[C@H](O)C(=O)OP.C[C@@H](CC(=O)OP)C(=O)O.C[C@H](CC(=O)OP)C(=O)O. The van der Waals surface area contributed by atoms with Crippen LogP contribution in [-0.2, 0) is 37.5 Å². The van der Waals surface area contributed by atoms with Crippen LogP contribution in [-0.4, -0.2) is 51.3 Å². The Morgan fingerprint density at radius 1 is 0.786 bits per heavy atom. The molecule has 6 atom stereocenters. The van der Waals surface area contributed by atoms with E-state index in [1.165, 1.54) is 13.8 Å². The van der Waals surface area contributed by atoms with E-state index < -0.39 is 47.8 Å². The fourth-order valence-corrected chi connectivity index (χ4v) is 1.37. The van der Waals surface area contributed by atoms with Crippen molar-refractivity contribution >= 4 is 58.2 Å². The zero-order valence-electron chi connectivity index (χ0n) is 15.7. The molecular formula is C14H27O11P3. The van der Waals surface area contributed by atoms with Gasteiger partial charge in [0.2, 0.25) is 0 Å². The van der Waals surface area contributed by atoms with Crippen LogP contribution >= 0.6 is 28.4 Å². The molecule has 0 aromatic carbocycles. The molecule has 0 aliphatic rings. The van der Waals surface area contributed by atoms with E-state index in [2.05, 4.69) is 13.6 Å². The normalized spacial score (nSPS) is 12.4. The molecule has 11 nitrogen and oxygen atoms in total. The summed E-state index contributed by atoms with van der Waals surface area (Å²) in [4.78, 5) is 51.4. The second kappa shape index (κ2) is 18.9. The second-order valence-corrected chi connectivity index (χ2v) is 5.93. The fourth-order valence-electron chi connectivity index (χ4n) is 1.02. The summed E-state index contributed by atoms with van der Waals surface area (Å²) in [6.45, 7) is 4.60. The number of aliphatic hydroxyl groups excluding tert-OH is 1. The van der Waals surface area contributed by atoms with Crippen LogP contribution in [0.2, 0.25) is 0 Å². The Balaban J connectivity index is -0.000000337. The highest BCUT2D eigenvalue weighted by atomic mass is 31.0. The third-order valence-electron chi connectivity index (χ3n) is 2.83. The van der Waals surface area contributed by atoms with E-state index in [9.17, 15) is 24.0 Å². The van der Waals surface area contributed by atoms with Crippen molar-refractivity contribution < 1.29 is 52.9 Å². The van der Waals surface area contributed by atoms with Gasteiger partial charge in [-0.25, -0.2) is 4.79 Å². The average molecular weight is 464 g/mol. The standard InChI is InChI=1S/2C5H9O4P.C4H9O3P/c2*1-3(5(7)8)2-4(6)9-10;1-2-3(5)4(6)7-8/h2*3H,2,10H2,1H3,(H,7,8);3,5H,2,8H2,1H3/t3*3-/m100/s1. The molecule has 0 heterocycles. The highest BCUT2D eigenvalue weighted by Gasteiger charge is 2.16. The maximum atomic E-state index is 10.4. The van der Waals surface area contributed by atoms with Gasteiger partial charge < -0.3 is 28.9 Å². The number of carboxylic acids is 2. The summed E-state index contributed by atoms with van der Waals surface area (Å²) in [5.74, 6) is -4.98.